The third-order valence-electron chi connectivity index (χ3n) is 3.02. The minimum Gasteiger partial charge on any atom is -0.497 e. The van der Waals surface area contributed by atoms with Gasteiger partial charge < -0.3 is 9.15 Å². The summed E-state index contributed by atoms with van der Waals surface area (Å²) in [5, 5.41) is 1.77. The first-order valence-electron chi connectivity index (χ1n) is 5.93. The molecule has 102 valence electrons. The SMILES string of the molecule is COc1ccc(Cn2c(=O)oc(=O)c3sccc32)cc1. The highest BCUT2D eigenvalue weighted by molar-refractivity contribution is 7.17. The summed E-state index contributed by atoms with van der Waals surface area (Å²) in [6, 6.07) is 9.14. The number of thiophene rings is 1. The van der Waals surface area contributed by atoms with Gasteiger partial charge in [-0.05, 0) is 29.1 Å². The first kappa shape index (κ1) is 12.7. The second kappa shape index (κ2) is 4.97. The largest absolute Gasteiger partial charge is 0.497 e. The number of benzene rings is 1. The van der Waals surface area contributed by atoms with Gasteiger partial charge in [0, 0.05) is 0 Å². The lowest BCUT2D eigenvalue weighted by Gasteiger charge is -2.07. The fourth-order valence-electron chi connectivity index (χ4n) is 2.01. The summed E-state index contributed by atoms with van der Waals surface area (Å²) in [7, 11) is 1.60. The van der Waals surface area contributed by atoms with Gasteiger partial charge in [0.25, 0.3) is 0 Å². The van der Waals surface area contributed by atoms with E-state index in [1.807, 2.05) is 24.3 Å². The normalized spacial score (nSPS) is 10.8. The molecule has 2 aromatic heterocycles. The molecule has 3 aromatic rings. The lowest BCUT2D eigenvalue weighted by atomic mass is 10.2. The van der Waals surface area contributed by atoms with E-state index < -0.39 is 11.4 Å². The molecule has 20 heavy (non-hydrogen) atoms. The van der Waals surface area contributed by atoms with Crippen LogP contribution in [0.3, 0.4) is 0 Å². The molecule has 1 aromatic carbocycles. The van der Waals surface area contributed by atoms with Gasteiger partial charge in [-0.3, -0.25) is 4.57 Å². The van der Waals surface area contributed by atoms with Crippen molar-refractivity contribution in [3.05, 3.63) is 62.2 Å². The smallest absolute Gasteiger partial charge is 0.422 e. The zero-order valence-corrected chi connectivity index (χ0v) is 11.5. The van der Waals surface area contributed by atoms with Gasteiger partial charge in [0.2, 0.25) is 0 Å². The molecule has 0 amide bonds. The highest BCUT2D eigenvalue weighted by Crippen LogP contribution is 2.17. The molecule has 0 N–H and O–H groups in total. The van der Waals surface area contributed by atoms with Crippen molar-refractivity contribution in [1.82, 2.24) is 4.57 Å². The highest BCUT2D eigenvalue weighted by atomic mass is 32.1. The molecular formula is C14H11NO4S. The Hall–Kier alpha value is -2.34. The molecule has 5 nitrogen and oxygen atoms in total. The first-order valence-corrected chi connectivity index (χ1v) is 6.81. The van der Waals surface area contributed by atoms with Crippen molar-refractivity contribution in [3.63, 3.8) is 0 Å². The van der Waals surface area contributed by atoms with Crippen LogP contribution in [-0.4, -0.2) is 11.7 Å². The Labute approximate surface area is 117 Å². The number of methoxy groups -OCH3 is 1. The van der Waals surface area contributed by atoms with Crippen LogP contribution in [-0.2, 0) is 6.54 Å². The van der Waals surface area contributed by atoms with Crippen LogP contribution in [0.2, 0.25) is 0 Å². The highest BCUT2D eigenvalue weighted by Gasteiger charge is 2.10. The van der Waals surface area contributed by atoms with Crippen LogP contribution in [0.5, 0.6) is 5.75 Å². The second-order valence-corrected chi connectivity index (χ2v) is 5.14. The van der Waals surface area contributed by atoms with Gasteiger partial charge in [0.15, 0.2) is 0 Å². The molecule has 0 bridgehead atoms. The molecule has 0 aliphatic heterocycles. The molecule has 0 aliphatic rings. The van der Waals surface area contributed by atoms with Crippen molar-refractivity contribution in [2.75, 3.05) is 7.11 Å². The molecule has 0 spiro atoms. The van der Waals surface area contributed by atoms with Gasteiger partial charge in [-0.15, -0.1) is 11.3 Å². The van der Waals surface area contributed by atoms with E-state index in [1.165, 1.54) is 15.9 Å². The van der Waals surface area contributed by atoms with E-state index in [4.69, 9.17) is 9.15 Å². The first-order chi connectivity index (χ1) is 9.69. The number of nitrogens with zero attached hydrogens (tertiary/aromatic N) is 1. The van der Waals surface area contributed by atoms with Crippen molar-refractivity contribution < 1.29 is 9.15 Å². The van der Waals surface area contributed by atoms with Crippen LogP contribution in [0.4, 0.5) is 0 Å². The fourth-order valence-corrected chi connectivity index (χ4v) is 2.78. The maximum atomic E-state index is 11.9. The summed E-state index contributed by atoms with van der Waals surface area (Å²) in [5.41, 5.74) is 0.951. The average molecular weight is 289 g/mol. The third kappa shape index (κ3) is 2.14. The Morgan fingerprint density at radius 1 is 1.20 bits per heavy atom. The maximum Gasteiger partial charge on any atom is 0.422 e. The van der Waals surface area contributed by atoms with E-state index >= 15 is 0 Å². The van der Waals surface area contributed by atoms with Gasteiger partial charge in [-0.1, -0.05) is 12.1 Å². The summed E-state index contributed by atoms with van der Waals surface area (Å²) in [4.78, 5) is 23.4. The number of aromatic nitrogens is 1. The number of hydrogen-bond acceptors (Lipinski definition) is 5. The van der Waals surface area contributed by atoms with Crippen LogP contribution >= 0.6 is 11.3 Å². The molecule has 3 rings (SSSR count). The summed E-state index contributed by atoms with van der Waals surface area (Å²) >= 11 is 1.27. The molecule has 0 fully saturated rings. The van der Waals surface area contributed by atoms with Crippen molar-refractivity contribution in [2.45, 2.75) is 6.54 Å². The van der Waals surface area contributed by atoms with Crippen molar-refractivity contribution >= 4 is 21.6 Å². The minimum absolute atomic E-state index is 0.347. The molecule has 0 radical (unpaired) electrons. The molecule has 6 heteroatoms. The second-order valence-electron chi connectivity index (χ2n) is 4.22. The van der Waals surface area contributed by atoms with E-state index in [0.29, 0.717) is 16.8 Å². The van der Waals surface area contributed by atoms with E-state index in [0.717, 1.165) is 11.3 Å². The summed E-state index contributed by atoms with van der Waals surface area (Å²) in [5.74, 6) is 0.109. The lowest BCUT2D eigenvalue weighted by molar-refractivity contribution is 0.414. The average Bonchev–Trinajstić information content (AvgIpc) is 2.94. The Kier molecular flexibility index (Phi) is 3.15. The van der Waals surface area contributed by atoms with E-state index in [1.54, 1.807) is 18.6 Å². The summed E-state index contributed by atoms with van der Waals surface area (Å²) in [6.45, 7) is 0.347. The Bertz CT molecular complexity index is 857. The Morgan fingerprint density at radius 2 is 1.95 bits per heavy atom. The number of ether oxygens (including phenoxy) is 1. The predicted octanol–water partition coefficient (Wildman–Crippen LogP) is 2.07. The van der Waals surface area contributed by atoms with Gasteiger partial charge in [-0.25, -0.2) is 9.59 Å². The van der Waals surface area contributed by atoms with Crippen LogP contribution in [0.15, 0.2) is 49.7 Å². The van der Waals surface area contributed by atoms with Gasteiger partial charge >= 0.3 is 11.4 Å². The van der Waals surface area contributed by atoms with Gasteiger partial charge in [-0.2, -0.15) is 0 Å². The van der Waals surface area contributed by atoms with E-state index in [9.17, 15) is 9.59 Å². The zero-order valence-electron chi connectivity index (χ0n) is 10.7. The van der Waals surface area contributed by atoms with Gasteiger partial charge in [0.05, 0.1) is 19.2 Å². The summed E-state index contributed by atoms with van der Waals surface area (Å²) < 4.78 is 11.7. The van der Waals surface area contributed by atoms with Crippen LogP contribution in [0.25, 0.3) is 10.2 Å². The van der Waals surface area contributed by atoms with Gasteiger partial charge in [0.1, 0.15) is 10.4 Å². The van der Waals surface area contributed by atoms with Crippen molar-refractivity contribution in [2.24, 2.45) is 0 Å². The summed E-state index contributed by atoms with van der Waals surface area (Å²) in [6.07, 6.45) is 0. The quantitative estimate of drug-likeness (QED) is 0.740. The third-order valence-corrected chi connectivity index (χ3v) is 3.90. The molecule has 0 saturated carbocycles. The molecule has 0 atom stereocenters. The van der Waals surface area contributed by atoms with Crippen LogP contribution in [0.1, 0.15) is 5.56 Å². The van der Waals surface area contributed by atoms with Crippen molar-refractivity contribution in [3.8, 4) is 5.75 Å². The molecule has 2 heterocycles. The minimum atomic E-state index is -0.642. The molecule has 0 unspecified atom stereocenters. The fraction of sp³-hybridized carbons (Fsp3) is 0.143. The number of rotatable bonds is 3. The van der Waals surface area contributed by atoms with Crippen molar-refractivity contribution in [1.29, 1.82) is 0 Å². The molecule has 0 aliphatic carbocycles. The van der Waals surface area contributed by atoms with Crippen LogP contribution in [0, 0.1) is 0 Å². The molecular weight excluding hydrogens is 278 g/mol. The zero-order chi connectivity index (χ0) is 14.1. The Morgan fingerprint density at radius 3 is 2.65 bits per heavy atom. The maximum absolute atomic E-state index is 11.9. The topological polar surface area (TPSA) is 61.4 Å². The van der Waals surface area contributed by atoms with Crippen LogP contribution < -0.4 is 16.1 Å². The lowest BCUT2D eigenvalue weighted by Crippen LogP contribution is -2.24. The standard InChI is InChI=1S/C14H11NO4S/c1-18-10-4-2-9(3-5-10)8-15-11-6-7-20-12(11)13(16)19-14(15)17/h2-7H,8H2,1H3. The number of fused-ring (bicyclic) bond motifs is 1. The monoisotopic (exact) mass is 289 g/mol. The van der Waals surface area contributed by atoms with E-state index in [-0.39, 0.29) is 0 Å². The van der Waals surface area contributed by atoms with E-state index in [2.05, 4.69) is 0 Å². The Balaban J connectivity index is 2.08. The predicted molar refractivity (Wildman–Crippen MR) is 76.7 cm³/mol. The molecule has 0 saturated heterocycles. The number of hydrogen-bond donors (Lipinski definition) is 0.